The summed E-state index contributed by atoms with van der Waals surface area (Å²) in [5.74, 6) is 2.41. The zero-order valence-corrected chi connectivity index (χ0v) is 26.7. The summed E-state index contributed by atoms with van der Waals surface area (Å²) in [5.41, 5.74) is 4.98. The van der Waals surface area contributed by atoms with E-state index in [1.54, 1.807) is 21.3 Å². The van der Waals surface area contributed by atoms with Gasteiger partial charge in [0.1, 0.15) is 17.2 Å². The maximum absolute atomic E-state index is 5.46. The van der Waals surface area contributed by atoms with Gasteiger partial charge < -0.3 is 64.7 Å². The van der Waals surface area contributed by atoms with Crippen molar-refractivity contribution in [1.29, 1.82) is 0 Å². The minimum absolute atomic E-state index is 0. The number of hydrogen-bond acceptors (Lipinski definition) is 7. The van der Waals surface area contributed by atoms with Crippen molar-refractivity contribution in [2.75, 3.05) is 21.3 Å². The molecule has 3 nitrogen and oxygen atoms in total. The van der Waals surface area contributed by atoms with E-state index in [2.05, 4.69) is 6.92 Å². The Balaban J connectivity index is 0.000000274. The van der Waals surface area contributed by atoms with Crippen molar-refractivity contribution in [1.82, 2.24) is 0 Å². The van der Waals surface area contributed by atoms with Crippen molar-refractivity contribution in [2.24, 2.45) is 0 Å². The first-order valence-corrected chi connectivity index (χ1v) is 13.6. The molecule has 4 aromatic rings. The molecule has 0 radical (unpaired) electrons. The van der Waals surface area contributed by atoms with Crippen LogP contribution >= 0.6 is 0 Å². The van der Waals surface area contributed by atoms with Gasteiger partial charge in [0.15, 0.2) is 0 Å². The molecule has 0 atom stereocenters. The Kier molecular flexibility index (Phi) is 13.7. The van der Waals surface area contributed by atoms with Crippen LogP contribution in [-0.4, -0.2) is 21.3 Å². The van der Waals surface area contributed by atoms with E-state index in [1.165, 1.54) is 5.56 Å². The van der Waals surface area contributed by atoms with Gasteiger partial charge in [-0.05, 0) is 65.6 Å². The van der Waals surface area contributed by atoms with Crippen molar-refractivity contribution in [3.63, 3.8) is 0 Å². The van der Waals surface area contributed by atoms with Crippen LogP contribution in [0.4, 0.5) is 0 Å². The number of ether oxygens (including phenoxy) is 3. The summed E-state index contributed by atoms with van der Waals surface area (Å²) < 4.78 is 15.4. The van der Waals surface area contributed by atoms with Gasteiger partial charge in [-0.1, -0.05) is 66.2 Å². The van der Waals surface area contributed by atoms with Crippen LogP contribution in [-0.2, 0) is 67.0 Å². The Morgan fingerprint density at radius 2 is 0.600 bits per heavy atom. The predicted molar refractivity (Wildman–Crippen MR) is 173 cm³/mol. The summed E-state index contributed by atoms with van der Waals surface area (Å²) in [6.07, 6.45) is 0. The van der Waals surface area contributed by atoms with E-state index in [1.807, 2.05) is 97.1 Å². The monoisotopic (exact) mass is 646 g/mol. The molecule has 4 aromatic carbocycles. The molecule has 0 aliphatic heterocycles. The van der Waals surface area contributed by atoms with Crippen molar-refractivity contribution >= 4 is 70.1 Å². The fourth-order valence-electron chi connectivity index (χ4n) is 3.46. The summed E-state index contributed by atoms with van der Waals surface area (Å²) >= 11 is 21.8. The minimum atomic E-state index is 0. The molecular formula is C32H28NiO3S4-4. The van der Waals surface area contributed by atoms with E-state index in [4.69, 9.17) is 64.7 Å². The fourth-order valence-corrected chi connectivity index (χ4v) is 4.47. The first-order chi connectivity index (χ1) is 18.8. The molecule has 0 fully saturated rings. The molecule has 0 aliphatic carbocycles. The van der Waals surface area contributed by atoms with Crippen molar-refractivity contribution in [3.8, 4) is 17.2 Å². The van der Waals surface area contributed by atoms with Crippen molar-refractivity contribution in [2.45, 2.75) is 6.92 Å². The topological polar surface area (TPSA) is 27.7 Å². The molecule has 0 heterocycles. The van der Waals surface area contributed by atoms with Crippen LogP contribution in [0.15, 0.2) is 97.1 Å². The Bertz CT molecular complexity index is 1360. The van der Waals surface area contributed by atoms with Gasteiger partial charge in [-0.15, -0.1) is 0 Å². The summed E-state index contributed by atoms with van der Waals surface area (Å²) in [5, 5.41) is 0. The first-order valence-electron chi connectivity index (χ1n) is 11.9. The Labute approximate surface area is 269 Å². The van der Waals surface area contributed by atoms with E-state index in [0.29, 0.717) is 19.6 Å². The zero-order valence-electron chi connectivity index (χ0n) is 22.4. The maximum Gasteiger partial charge on any atom is 0.118 e. The largest absolute Gasteiger partial charge is 0.781 e. The van der Waals surface area contributed by atoms with Crippen LogP contribution < -0.4 is 14.2 Å². The Hall–Kier alpha value is -2.87. The van der Waals surface area contributed by atoms with Gasteiger partial charge in [0.25, 0.3) is 0 Å². The Morgan fingerprint density at radius 1 is 0.400 bits per heavy atom. The quantitative estimate of drug-likeness (QED) is 0.116. The van der Waals surface area contributed by atoms with Gasteiger partial charge in [0.05, 0.1) is 21.3 Å². The minimum Gasteiger partial charge on any atom is -0.781 e. The average Bonchev–Trinajstić information content (AvgIpc) is 3.00. The molecule has 0 aromatic heterocycles. The first kappa shape index (κ1) is 33.3. The third-order valence-electron chi connectivity index (χ3n) is 5.78. The number of rotatable bonds is 7. The van der Waals surface area contributed by atoms with Crippen molar-refractivity contribution < 1.29 is 30.7 Å². The van der Waals surface area contributed by atoms with Crippen LogP contribution in [0.2, 0.25) is 0 Å². The molecule has 0 saturated carbocycles. The van der Waals surface area contributed by atoms with Gasteiger partial charge in [-0.3, -0.25) is 0 Å². The molecule has 8 heteroatoms. The van der Waals surface area contributed by atoms with E-state index >= 15 is 0 Å². The SMILES string of the molecule is COc1ccc(C([S-])=C([S-])c2ccc(C)cc2)cc1.COc1ccc(C([S-])=C([S-])c2ccc(OC)cc2)cc1.[Ni]. The second-order valence-corrected chi connectivity index (χ2v) is 10.0. The smallest absolute Gasteiger partial charge is 0.118 e. The number of hydrogen-bond donors (Lipinski definition) is 0. The van der Waals surface area contributed by atoms with E-state index in [0.717, 1.165) is 39.5 Å². The molecule has 0 unspecified atom stereocenters. The van der Waals surface area contributed by atoms with Gasteiger partial charge in [0, 0.05) is 16.5 Å². The second-order valence-electron chi connectivity index (χ2n) is 8.37. The summed E-state index contributed by atoms with van der Waals surface area (Å²) in [6, 6.07) is 30.9. The average molecular weight is 648 g/mol. The molecule has 0 bridgehead atoms. The molecule has 0 spiro atoms. The molecule has 0 N–H and O–H groups in total. The summed E-state index contributed by atoms with van der Waals surface area (Å²) in [4.78, 5) is 2.72. The molecule has 0 aliphatic rings. The van der Waals surface area contributed by atoms with E-state index in [9.17, 15) is 0 Å². The van der Waals surface area contributed by atoms with Crippen LogP contribution in [0.1, 0.15) is 27.8 Å². The van der Waals surface area contributed by atoms with Gasteiger partial charge >= 0.3 is 0 Å². The number of aryl methyl sites for hydroxylation is 1. The standard InChI is InChI=1S/C16H16O2S2.C16H16OS2.Ni/c1-17-13-7-3-11(4-8-13)15(19)16(20)12-5-9-14(18-2)10-6-12;1-11-3-5-12(6-4-11)15(18)16(19)13-7-9-14(17-2)10-8-13;/h3-10,19-20H,1-2H3;3-10,18-19H,1-2H3;/p-4. The van der Waals surface area contributed by atoms with Gasteiger partial charge in [-0.2, -0.15) is 19.6 Å². The molecule has 212 valence electrons. The fraction of sp³-hybridized carbons (Fsp3) is 0.125. The maximum atomic E-state index is 5.46. The zero-order chi connectivity index (χ0) is 28.4. The third-order valence-corrected chi connectivity index (χ3v) is 7.80. The number of methoxy groups -OCH3 is 3. The molecule has 40 heavy (non-hydrogen) atoms. The molecule has 4 rings (SSSR count). The summed E-state index contributed by atoms with van der Waals surface area (Å²) in [7, 11) is 4.91. The van der Waals surface area contributed by atoms with Crippen molar-refractivity contribution in [3.05, 3.63) is 125 Å². The van der Waals surface area contributed by atoms with E-state index in [-0.39, 0.29) is 16.5 Å². The third kappa shape index (κ3) is 9.08. The van der Waals surface area contributed by atoms with Crippen LogP contribution in [0.3, 0.4) is 0 Å². The normalized spacial score (nSPS) is 11.5. The number of benzene rings is 4. The van der Waals surface area contributed by atoms with Gasteiger partial charge in [0.2, 0.25) is 0 Å². The summed E-state index contributed by atoms with van der Waals surface area (Å²) in [6.45, 7) is 2.05. The van der Waals surface area contributed by atoms with E-state index < -0.39 is 0 Å². The predicted octanol–water partition coefficient (Wildman–Crippen LogP) is 7.54. The second kappa shape index (κ2) is 16.4. The molecule has 0 amide bonds. The Morgan fingerprint density at radius 3 is 0.800 bits per heavy atom. The van der Waals surface area contributed by atoms with Crippen LogP contribution in [0.5, 0.6) is 17.2 Å². The van der Waals surface area contributed by atoms with Crippen LogP contribution in [0, 0.1) is 6.92 Å². The van der Waals surface area contributed by atoms with Crippen LogP contribution in [0.25, 0.3) is 19.6 Å². The molecular weight excluding hydrogens is 619 g/mol. The molecule has 0 saturated heterocycles. The van der Waals surface area contributed by atoms with Gasteiger partial charge in [-0.25, -0.2) is 0 Å².